The highest BCUT2D eigenvalue weighted by Crippen LogP contribution is 2.25. The topological polar surface area (TPSA) is 113 Å². The molecule has 1 unspecified atom stereocenters. The number of carbonyl (C=O) groups is 1. The van der Waals surface area contributed by atoms with E-state index in [1.165, 1.54) is 0 Å². The Bertz CT molecular complexity index is 1260. The summed E-state index contributed by atoms with van der Waals surface area (Å²) >= 11 is 0. The van der Waals surface area contributed by atoms with Gasteiger partial charge in [0.05, 0.1) is 0 Å². The van der Waals surface area contributed by atoms with Crippen molar-refractivity contribution in [1.82, 2.24) is 4.90 Å². The van der Waals surface area contributed by atoms with Crippen molar-refractivity contribution in [2.45, 2.75) is 31.6 Å². The molecule has 8 heteroatoms. The molecule has 0 fully saturated rings. The average molecular weight is 520 g/mol. The second-order valence-electron chi connectivity index (χ2n) is 9.31. The SMILES string of the molecule is C[C@H](Cc1ccc(OCC(=O)O)cc1)N(CC(O)c1cc2ccccc2o1)C[C@H](O)COc1ccccc1. The molecule has 1 heterocycles. The second-order valence-corrected chi connectivity index (χ2v) is 9.31. The first-order chi connectivity index (χ1) is 18.4. The van der Waals surface area contributed by atoms with Crippen LogP contribution in [0.2, 0.25) is 0 Å². The van der Waals surface area contributed by atoms with Crippen LogP contribution in [-0.2, 0) is 11.2 Å². The van der Waals surface area contributed by atoms with Crippen LogP contribution in [-0.4, -0.2) is 64.6 Å². The third kappa shape index (κ3) is 7.82. The molecule has 38 heavy (non-hydrogen) atoms. The maximum atomic E-state index is 11.1. The van der Waals surface area contributed by atoms with E-state index < -0.39 is 24.8 Å². The average Bonchev–Trinajstić information content (AvgIpc) is 3.36. The first-order valence-corrected chi connectivity index (χ1v) is 12.6. The number of para-hydroxylation sites is 2. The van der Waals surface area contributed by atoms with Crippen molar-refractivity contribution in [3.8, 4) is 11.5 Å². The zero-order valence-electron chi connectivity index (χ0n) is 21.3. The van der Waals surface area contributed by atoms with Crippen LogP contribution < -0.4 is 9.47 Å². The number of carboxylic acid groups (broad SMARTS) is 1. The minimum absolute atomic E-state index is 0.0498. The third-order valence-corrected chi connectivity index (χ3v) is 6.25. The van der Waals surface area contributed by atoms with Crippen molar-refractivity contribution in [2.75, 3.05) is 26.3 Å². The number of ether oxygens (including phenoxy) is 2. The van der Waals surface area contributed by atoms with Crippen molar-refractivity contribution >= 4 is 16.9 Å². The highest BCUT2D eigenvalue weighted by atomic mass is 16.5. The molecule has 200 valence electrons. The molecule has 3 aromatic carbocycles. The Balaban J connectivity index is 1.43. The molecule has 0 saturated heterocycles. The summed E-state index contributed by atoms with van der Waals surface area (Å²) in [6, 6.07) is 26.0. The predicted molar refractivity (Wildman–Crippen MR) is 143 cm³/mol. The summed E-state index contributed by atoms with van der Waals surface area (Å²) in [7, 11) is 0. The van der Waals surface area contributed by atoms with E-state index in [4.69, 9.17) is 19.0 Å². The summed E-state index contributed by atoms with van der Waals surface area (Å²) in [5, 5.41) is 31.6. The van der Waals surface area contributed by atoms with Gasteiger partial charge in [-0.25, -0.2) is 4.79 Å². The number of carboxylic acids is 1. The standard InChI is InChI=1S/C30H33NO7/c1-21(15-22-11-13-26(14-12-22)37-20-30(34)35)31(17-24(32)19-36-25-8-3-2-4-9-25)18-27(33)29-16-23-7-5-6-10-28(23)38-29/h2-14,16,21,24,27,32-33H,15,17-20H2,1H3,(H,34,35)/t21-,24+,27?/m1/s1. The Morgan fingerprint density at radius 1 is 0.895 bits per heavy atom. The first-order valence-electron chi connectivity index (χ1n) is 12.6. The van der Waals surface area contributed by atoms with Gasteiger partial charge in [0.1, 0.15) is 41.7 Å². The molecule has 3 N–H and O–H groups in total. The van der Waals surface area contributed by atoms with E-state index in [9.17, 15) is 15.0 Å². The molecular weight excluding hydrogens is 486 g/mol. The van der Waals surface area contributed by atoms with Crippen molar-refractivity contribution in [1.29, 1.82) is 0 Å². The van der Waals surface area contributed by atoms with Crippen LogP contribution >= 0.6 is 0 Å². The Labute approximate surface area is 221 Å². The van der Waals surface area contributed by atoms with Gasteiger partial charge in [-0.1, -0.05) is 48.5 Å². The zero-order chi connectivity index (χ0) is 26.9. The lowest BCUT2D eigenvalue weighted by molar-refractivity contribution is -0.139. The van der Waals surface area contributed by atoms with Crippen LogP contribution in [0.1, 0.15) is 24.4 Å². The van der Waals surface area contributed by atoms with Crippen LogP contribution in [0, 0.1) is 0 Å². The molecule has 1 aromatic heterocycles. The maximum Gasteiger partial charge on any atom is 0.341 e. The van der Waals surface area contributed by atoms with Crippen molar-refractivity contribution in [2.24, 2.45) is 0 Å². The van der Waals surface area contributed by atoms with E-state index in [2.05, 4.69) is 0 Å². The normalized spacial score (nSPS) is 13.8. The molecule has 0 aliphatic carbocycles. The predicted octanol–water partition coefficient (Wildman–Crippen LogP) is 4.30. The van der Waals surface area contributed by atoms with E-state index in [1.54, 1.807) is 12.1 Å². The lowest BCUT2D eigenvalue weighted by atomic mass is 10.0. The van der Waals surface area contributed by atoms with Crippen LogP contribution in [0.25, 0.3) is 11.0 Å². The van der Waals surface area contributed by atoms with E-state index in [0.29, 0.717) is 29.3 Å². The summed E-state index contributed by atoms with van der Waals surface area (Å²) in [6.07, 6.45) is -1.04. The molecule has 0 aliphatic rings. The minimum Gasteiger partial charge on any atom is -0.491 e. The molecular formula is C30H33NO7. The van der Waals surface area contributed by atoms with Gasteiger partial charge in [0.15, 0.2) is 6.61 Å². The van der Waals surface area contributed by atoms with Crippen molar-refractivity contribution in [3.63, 3.8) is 0 Å². The van der Waals surface area contributed by atoms with E-state index in [1.807, 2.05) is 84.6 Å². The number of hydrogen-bond acceptors (Lipinski definition) is 7. The fourth-order valence-corrected chi connectivity index (χ4v) is 4.28. The highest BCUT2D eigenvalue weighted by Gasteiger charge is 2.24. The number of aliphatic hydroxyl groups excluding tert-OH is 2. The van der Waals surface area contributed by atoms with Gasteiger partial charge >= 0.3 is 5.97 Å². The van der Waals surface area contributed by atoms with Gasteiger partial charge in [0.2, 0.25) is 0 Å². The Morgan fingerprint density at radius 3 is 2.29 bits per heavy atom. The van der Waals surface area contributed by atoms with Crippen LogP contribution in [0.4, 0.5) is 0 Å². The summed E-state index contributed by atoms with van der Waals surface area (Å²) in [4.78, 5) is 12.7. The van der Waals surface area contributed by atoms with Gasteiger partial charge in [-0.05, 0) is 55.3 Å². The Morgan fingerprint density at radius 2 is 1.58 bits per heavy atom. The molecule has 0 radical (unpaired) electrons. The molecule has 0 spiro atoms. The lowest BCUT2D eigenvalue weighted by Crippen LogP contribution is -2.44. The number of hydrogen-bond donors (Lipinski definition) is 3. The molecule has 8 nitrogen and oxygen atoms in total. The van der Waals surface area contributed by atoms with Gasteiger partial charge in [-0.2, -0.15) is 0 Å². The summed E-state index contributed by atoms with van der Waals surface area (Å²) in [5.41, 5.74) is 1.72. The number of fused-ring (bicyclic) bond motifs is 1. The number of nitrogens with zero attached hydrogens (tertiary/aromatic N) is 1. The van der Waals surface area contributed by atoms with E-state index in [0.717, 1.165) is 10.9 Å². The summed E-state index contributed by atoms with van der Waals surface area (Å²) in [6.45, 7) is 2.29. The van der Waals surface area contributed by atoms with Gasteiger partial charge in [0, 0.05) is 24.5 Å². The Hall–Kier alpha value is -3.85. The van der Waals surface area contributed by atoms with E-state index in [-0.39, 0.29) is 25.7 Å². The smallest absolute Gasteiger partial charge is 0.341 e. The number of benzene rings is 3. The molecule has 4 aromatic rings. The fraction of sp³-hybridized carbons (Fsp3) is 0.300. The van der Waals surface area contributed by atoms with E-state index >= 15 is 0 Å². The maximum absolute atomic E-state index is 11.1. The Kier molecular flexibility index (Phi) is 9.37. The van der Waals surface area contributed by atoms with Gasteiger partial charge in [0.25, 0.3) is 0 Å². The van der Waals surface area contributed by atoms with Gasteiger partial charge in [-0.3, -0.25) is 4.90 Å². The van der Waals surface area contributed by atoms with Crippen LogP contribution in [0.15, 0.2) is 89.3 Å². The largest absolute Gasteiger partial charge is 0.491 e. The first kappa shape index (κ1) is 27.2. The third-order valence-electron chi connectivity index (χ3n) is 6.25. The zero-order valence-corrected chi connectivity index (χ0v) is 21.3. The molecule has 0 saturated carbocycles. The molecule has 3 atom stereocenters. The minimum atomic E-state index is -1.03. The van der Waals surface area contributed by atoms with Gasteiger partial charge < -0.3 is 29.2 Å². The second kappa shape index (κ2) is 13.1. The summed E-state index contributed by atoms with van der Waals surface area (Å²) < 4.78 is 16.8. The highest BCUT2D eigenvalue weighted by molar-refractivity contribution is 5.77. The molecule has 0 aliphatic heterocycles. The van der Waals surface area contributed by atoms with Gasteiger partial charge in [-0.15, -0.1) is 0 Å². The lowest BCUT2D eigenvalue weighted by Gasteiger charge is -2.32. The van der Waals surface area contributed by atoms with Crippen molar-refractivity contribution < 1.29 is 34.0 Å². The van der Waals surface area contributed by atoms with Crippen molar-refractivity contribution in [3.05, 3.63) is 96.3 Å². The summed E-state index contributed by atoms with van der Waals surface area (Å²) in [5.74, 6) is 0.600. The van der Waals surface area contributed by atoms with Crippen LogP contribution in [0.3, 0.4) is 0 Å². The molecule has 0 amide bonds. The quantitative estimate of drug-likeness (QED) is 0.226. The fourth-order valence-electron chi connectivity index (χ4n) is 4.28. The number of rotatable bonds is 14. The molecule has 0 bridgehead atoms. The number of aliphatic hydroxyl groups is 2. The van der Waals surface area contributed by atoms with Crippen LogP contribution in [0.5, 0.6) is 11.5 Å². The molecule has 4 rings (SSSR count). The number of furan rings is 1. The monoisotopic (exact) mass is 519 g/mol. The number of aliphatic carboxylic acids is 1.